The van der Waals surface area contributed by atoms with Gasteiger partial charge in [0, 0.05) is 30.2 Å². The molecule has 0 bridgehead atoms. The fourth-order valence-electron chi connectivity index (χ4n) is 3.48. The summed E-state index contributed by atoms with van der Waals surface area (Å²) in [7, 11) is 0. The van der Waals surface area contributed by atoms with Crippen molar-refractivity contribution in [3.63, 3.8) is 0 Å². The van der Waals surface area contributed by atoms with Gasteiger partial charge < -0.3 is 14.6 Å². The largest absolute Gasteiger partial charge is 0.465 e. The van der Waals surface area contributed by atoms with Gasteiger partial charge in [-0.2, -0.15) is 0 Å². The Morgan fingerprint density at radius 1 is 1.39 bits per heavy atom. The number of hydrogen-bond acceptors (Lipinski definition) is 3. The smallest absolute Gasteiger partial charge is 0.408 e. The first-order chi connectivity index (χ1) is 10.8. The van der Waals surface area contributed by atoms with Crippen molar-refractivity contribution >= 4 is 11.7 Å². The van der Waals surface area contributed by atoms with Crippen LogP contribution in [0.15, 0.2) is 30.7 Å². The number of carbonyl (C=O) groups is 1. The lowest BCUT2D eigenvalue weighted by Gasteiger charge is -2.47. The molecule has 0 aromatic carbocycles. The fraction of sp³-hybridized carbons (Fsp3) is 0.529. The second-order valence-corrected chi connectivity index (χ2v) is 7.36. The molecule has 2 N–H and O–H groups in total. The van der Waals surface area contributed by atoms with E-state index >= 15 is 0 Å². The molecule has 0 spiro atoms. The Morgan fingerprint density at radius 3 is 2.65 bits per heavy atom. The molecule has 1 fully saturated rings. The second-order valence-electron chi connectivity index (χ2n) is 7.36. The number of aliphatic hydroxyl groups excluding tert-OH is 1. The van der Waals surface area contributed by atoms with Gasteiger partial charge in [-0.15, -0.1) is 0 Å². The van der Waals surface area contributed by atoms with Crippen LogP contribution < -0.4 is 0 Å². The van der Waals surface area contributed by atoms with Gasteiger partial charge >= 0.3 is 6.09 Å². The van der Waals surface area contributed by atoms with Crippen LogP contribution in [0.25, 0.3) is 5.65 Å². The lowest BCUT2D eigenvalue weighted by molar-refractivity contribution is -0.0293. The van der Waals surface area contributed by atoms with E-state index in [2.05, 4.69) is 4.98 Å². The maximum absolute atomic E-state index is 12.0. The van der Waals surface area contributed by atoms with Gasteiger partial charge in [0.15, 0.2) is 0 Å². The number of rotatable bonds is 3. The Morgan fingerprint density at radius 2 is 2.09 bits per heavy atom. The third-order valence-corrected chi connectivity index (χ3v) is 4.54. The SMILES string of the molecule is CC(C)(C)C(c1cccn2ccnc12)N(C(=O)O)[C@H]1C[C@H](O)C1. The lowest BCUT2D eigenvalue weighted by Crippen LogP contribution is -2.53. The molecule has 1 aliphatic rings. The number of amides is 1. The fourth-order valence-corrected chi connectivity index (χ4v) is 3.48. The van der Waals surface area contributed by atoms with Gasteiger partial charge in [0.1, 0.15) is 5.65 Å². The van der Waals surface area contributed by atoms with Crippen LogP contribution in [0.4, 0.5) is 4.79 Å². The van der Waals surface area contributed by atoms with Gasteiger partial charge in [0.25, 0.3) is 0 Å². The molecule has 1 atom stereocenters. The highest BCUT2D eigenvalue weighted by atomic mass is 16.4. The highest BCUT2D eigenvalue weighted by Crippen LogP contribution is 2.43. The molecule has 1 unspecified atom stereocenters. The van der Waals surface area contributed by atoms with E-state index in [1.807, 2.05) is 49.7 Å². The van der Waals surface area contributed by atoms with Crippen LogP contribution in [0.1, 0.15) is 45.2 Å². The van der Waals surface area contributed by atoms with Crippen molar-refractivity contribution in [2.75, 3.05) is 0 Å². The van der Waals surface area contributed by atoms with E-state index in [9.17, 15) is 15.0 Å². The summed E-state index contributed by atoms with van der Waals surface area (Å²) in [6, 6.07) is 3.38. The molecule has 3 rings (SSSR count). The van der Waals surface area contributed by atoms with Crippen LogP contribution in [0, 0.1) is 5.41 Å². The Bertz CT molecular complexity index is 713. The minimum absolute atomic E-state index is 0.151. The summed E-state index contributed by atoms with van der Waals surface area (Å²) in [4.78, 5) is 17.9. The molecule has 1 saturated carbocycles. The van der Waals surface area contributed by atoms with Crippen molar-refractivity contribution in [2.24, 2.45) is 5.41 Å². The summed E-state index contributed by atoms with van der Waals surface area (Å²) >= 11 is 0. The van der Waals surface area contributed by atoms with Crippen molar-refractivity contribution in [3.05, 3.63) is 36.3 Å². The van der Waals surface area contributed by atoms with Crippen LogP contribution in [0.5, 0.6) is 0 Å². The number of aromatic nitrogens is 2. The molecule has 1 amide bonds. The molecule has 6 heteroatoms. The second kappa shape index (κ2) is 5.53. The topological polar surface area (TPSA) is 78.1 Å². The van der Waals surface area contributed by atoms with Crippen molar-refractivity contribution in [1.29, 1.82) is 0 Å². The van der Waals surface area contributed by atoms with E-state index in [0.29, 0.717) is 12.8 Å². The first-order valence-electron chi connectivity index (χ1n) is 7.90. The zero-order valence-electron chi connectivity index (χ0n) is 13.7. The molecule has 0 saturated heterocycles. The number of carboxylic acid groups (broad SMARTS) is 1. The summed E-state index contributed by atoms with van der Waals surface area (Å²) in [5.41, 5.74) is 1.37. The van der Waals surface area contributed by atoms with Crippen LogP contribution in [0.3, 0.4) is 0 Å². The van der Waals surface area contributed by atoms with Gasteiger partial charge in [-0.1, -0.05) is 26.8 Å². The van der Waals surface area contributed by atoms with Crippen LogP contribution in [-0.2, 0) is 0 Å². The predicted octanol–water partition coefficient (Wildman–Crippen LogP) is 2.92. The Kier molecular flexibility index (Phi) is 3.80. The maximum Gasteiger partial charge on any atom is 0.408 e. The third-order valence-electron chi connectivity index (χ3n) is 4.54. The molecular formula is C17H23N3O3. The van der Waals surface area contributed by atoms with Gasteiger partial charge in [0.2, 0.25) is 0 Å². The molecule has 2 aromatic rings. The number of imidazole rings is 1. The van der Waals surface area contributed by atoms with Gasteiger partial charge in [-0.25, -0.2) is 9.78 Å². The maximum atomic E-state index is 12.0. The van der Waals surface area contributed by atoms with Crippen molar-refractivity contribution < 1.29 is 15.0 Å². The Labute approximate surface area is 135 Å². The number of hydrogen-bond donors (Lipinski definition) is 2. The number of nitrogens with zero attached hydrogens (tertiary/aromatic N) is 3. The van der Waals surface area contributed by atoms with E-state index in [0.717, 1.165) is 11.2 Å². The monoisotopic (exact) mass is 317 g/mol. The summed E-state index contributed by atoms with van der Waals surface area (Å²) in [6.07, 6.45) is 5.13. The molecule has 6 nitrogen and oxygen atoms in total. The molecule has 0 aliphatic heterocycles. The highest BCUT2D eigenvalue weighted by Gasteiger charge is 2.44. The van der Waals surface area contributed by atoms with E-state index in [1.165, 1.54) is 4.90 Å². The highest BCUT2D eigenvalue weighted by molar-refractivity contribution is 5.68. The molecule has 0 radical (unpaired) electrons. The summed E-state index contributed by atoms with van der Waals surface area (Å²) in [6.45, 7) is 6.11. The van der Waals surface area contributed by atoms with Crippen LogP contribution >= 0.6 is 0 Å². The van der Waals surface area contributed by atoms with Crippen molar-refractivity contribution in [3.8, 4) is 0 Å². The summed E-state index contributed by atoms with van der Waals surface area (Å²) in [5.74, 6) is 0. The number of pyridine rings is 1. The van der Waals surface area contributed by atoms with Crippen LogP contribution in [-0.4, -0.2) is 42.7 Å². The first kappa shape index (κ1) is 15.8. The molecule has 23 heavy (non-hydrogen) atoms. The molecule has 2 aromatic heterocycles. The third kappa shape index (κ3) is 2.79. The van der Waals surface area contributed by atoms with Gasteiger partial charge in [-0.05, 0) is 24.3 Å². The normalized spacial score (nSPS) is 22.6. The molecular weight excluding hydrogens is 294 g/mol. The zero-order chi connectivity index (χ0) is 16.8. The molecule has 2 heterocycles. The number of aliphatic hydroxyl groups is 1. The van der Waals surface area contributed by atoms with Gasteiger partial charge in [-0.3, -0.25) is 4.90 Å². The van der Waals surface area contributed by atoms with E-state index in [4.69, 9.17) is 0 Å². The summed E-state index contributed by atoms with van der Waals surface area (Å²) < 4.78 is 1.91. The van der Waals surface area contributed by atoms with E-state index in [-0.39, 0.29) is 17.5 Å². The molecule has 1 aliphatic carbocycles. The standard InChI is InChI=1S/C17H23N3O3/c1-17(2,3)14(20(16(22)23)11-9-12(21)10-11)13-5-4-7-19-8-6-18-15(13)19/h4-8,11-12,14,21H,9-10H2,1-3H3,(H,22,23)/t11-,12-,14?. The zero-order valence-corrected chi connectivity index (χ0v) is 13.7. The van der Waals surface area contributed by atoms with Gasteiger partial charge in [0.05, 0.1) is 12.1 Å². The number of fused-ring (bicyclic) bond motifs is 1. The molecule has 124 valence electrons. The lowest BCUT2D eigenvalue weighted by atomic mass is 9.78. The first-order valence-corrected chi connectivity index (χ1v) is 7.90. The Balaban J connectivity index is 2.10. The van der Waals surface area contributed by atoms with Crippen LogP contribution in [0.2, 0.25) is 0 Å². The van der Waals surface area contributed by atoms with E-state index < -0.39 is 12.2 Å². The quantitative estimate of drug-likeness (QED) is 0.912. The average Bonchev–Trinajstić information content (AvgIpc) is 2.88. The average molecular weight is 317 g/mol. The predicted molar refractivity (Wildman–Crippen MR) is 86.3 cm³/mol. The summed E-state index contributed by atoms with van der Waals surface area (Å²) in [5, 5.41) is 19.4. The minimum atomic E-state index is -0.949. The van der Waals surface area contributed by atoms with Crippen molar-refractivity contribution in [1.82, 2.24) is 14.3 Å². The van der Waals surface area contributed by atoms with E-state index in [1.54, 1.807) is 6.20 Å². The minimum Gasteiger partial charge on any atom is -0.465 e. The van der Waals surface area contributed by atoms with Crippen molar-refractivity contribution in [2.45, 2.75) is 51.8 Å². The Hall–Kier alpha value is -2.08.